The summed E-state index contributed by atoms with van der Waals surface area (Å²) in [6, 6.07) is 21.6. The molecular formula is C36H34N2O5. The molecule has 6 rings (SSSR count). The number of pyridine rings is 1. The minimum Gasteiger partial charge on any atom is -0.451 e. The lowest BCUT2D eigenvalue weighted by Crippen LogP contribution is -2.30. The van der Waals surface area contributed by atoms with Crippen molar-refractivity contribution in [2.75, 3.05) is 4.90 Å². The van der Waals surface area contributed by atoms with Crippen LogP contribution >= 0.6 is 0 Å². The summed E-state index contributed by atoms with van der Waals surface area (Å²) in [5.74, 6) is -1.17. The van der Waals surface area contributed by atoms with E-state index in [-0.39, 0.29) is 29.4 Å². The highest BCUT2D eigenvalue weighted by molar-refractivity contribution is 6.22. The smallest absolute Gasteiger partial charge is 0.339 e. The molecule has 1 aliphatic carbocycles. The maximum absolute atomic E-state index is 13.5. The van der Waals surface area contributed by atoms with E-state index in [0.29, 0.717) is 44.9 Å². The molecule has 1 aromatic heterocycles. The fraction of sp³-hybridized carbons (Fsp3) is 0.306. The lowest BCUT2D eigenvalue weighted by Gasteiger charge is -2.25. The van der Waals surface area contributed by atoms with E-state index in [9.17, 15) is 19.2 Å². The van der Waals surface area contributed by atoms with Crippen molar-refractivity contribution in [3.8, 4) is 11.3 Å². The van der Waals surface area contributed by atoms with Gasteiger partial charge in [-0.3, -0.25) is 19.3 Å². The van der Waals surface area contributed by atoms with Crippen LogP contribution in [0.5, 0.6) is 0 Å². The largest absolute Gasteiger partial charge is 0.451 e. The zero-order chi connectivity index (χ0) is 30.4. The molecule has 43 heavy (non-hydrogen) atoms. The van der Waals surface area contributed by atoms with Gasteiger partial charge in [0, 0.05) is 16.5 Å². The summed E-state index contributed by atoms with van der Waals surface area (Å²) in [5, 5.41) is 0.630. The summed E-state index contributed by atoms with van der Waals surface area (Å²) in [6.07, 6.45) is 1.48. The van der Waals surface area contributed by atoms with Crippen molar-refractivity contribution in [1.82, 2.24) is 4.98 Å². The number of hydrogen-bond acceptors (Lipinski definition) is 6. The third kappa shape index (κ3) is 5.36. The summed E-state index contributed by atoms with van der Waals surface area (Å²) in [6.45, 7) is 7.58. The Kier molecular flexibility index (Phi) is 7.42. The van der Waals surface area contributed by atoms with Crippen LogP contribution in [0.25, 0.3) is 22.2 Å². The molecule has 7 nitrogen and oxygen atoms in total. The van der Waals surface area contributed by atoms with Crippen molar-refractivity contribution in [2.45, 2.75) is 53.1 Å². The van der Waals surface area contributed by atoms with Gasteiger partial charge in [-0.1, -0.05) is 60.5 Å². The molecule has 7 heteroatoms. The summed E-state index contributed by atoms with van der Waals surface area (Å²) >= 11 is 0. The Labute approximate surface area is 250 Å². The minimum absolute atomic E-state index is 0.117. The number of ketones is 1. The maximum atomic E-state index is 13.5. The van der Waals surface area contributed by atoms with Crippen molar-refractivity contribution in [2.24, 2.45) is 17.8 Å². The first-order valence-corrected chi connectivity index (χ1v) is 14.8. The Morgan fingerprint density at radius 2 is 1.53 bits per heavy atom. The monoisotopic (exact) mass is 574 g/mol. The van der Waals surface area contributed by atoms with E-state index in [0.717, 1.165) is 30.4 Å². The predicted octanol–water partition coefficient (Wildman–Crippen LogP) is 6.87. The number of fused-ring (bicyclic) bond motifs is 2. The molecule has 1 saturated heterocycles. The number of anilines is 1. The number of benzene rings is 3. The van der Waals surface area contributed by atoms with Crippen molar-refractivity contribution in [3.63, 3.8) is 0 Å². The molecule has 0 unspecified atom stereocenters. The van der Waals surface area contributed by atoms with Crippen molar-refractivity contribution < 1.29 is 23.9 Å². The van der Waals surface area contributed by atoms with Crippen LogP contribution in [0.1, 0.15) is 65.0 Å². The number of aromatic nitrogens is 1. The van der Waals surface area contributed by atoms with Gasteiger partial charge in [-0.25, -0.2) is 9.78 Å². The number of amides is 2. The van der Waals surface area contributed by atoms with Gasteiger partial charge >= 0.3 is 5.97 Å². The highest BCUT2D eigenvalue weighted by Crippen LogP contribution is 2.42. The average Bonchev–Trinajstić information content (AvgIpc) is 3.25. The highest BCUT2D eigenvalue weighted by atomic mass is 16.5. The quantitative estimate of drug-likeness (QED) is 0.142. The van der Waals surface area contributed by atoms with Gasteiger partial charge in [-0.2, -0.15) is 0 Å². The number of esters is 1. The van der Waals surface area contributed by atoms with Crippen LogP contribution in [0.4, 0.5) is 5.69 Å². The second kappa shape index (κ2) is 11.2. The van der Waals surface area contributed by atoms with E-state index in [4.69, 9.17) is 9.72 Å². The minimum atomic E-state index is -0.979. The first-order chi connectivity index (χ1) is 20.6. The number of Topliss-reactive ketones (excluding diaryl/α,β-unsaturated/α-hetero) is 1. The molecule has 0 spiro atoms. The molecule has 0 bridgehead atoms. The molecule has 218 valence electrons. The molecule has 2 amide bonds. The Morgan fingerprint density at radius 1 is 0.860 bits per heavy atom. The Bertz CT molecular complexity index is 1760. The van der Waals surface area contributed by atoms with E-state index < -0.39 is 12.1 Å². The standard InChI is InChI=1S/C36H34N2O5/c1-20-5-9-25(10-6-20)33(39)23(4)43-36(42)30-19-32(37-31-16-8-22(3)17-28(30)31)24-11-13-26(14-12-24)38-34(40)27-15-7-21(2)18-29(27)35(38)41/h5-6,8-14,16-17,19,21,23,27,29H,7,15,18H2,1-4H3/t21-,23-,27+,29+/m0/s1. The topological polar surface area (TPSA) is 93.6 Å². The molecule has 4 atom stereocenters. The molecule has 2 fully saturated rings. The van der Waals surface area contributed by atoms with Gasteiger partial charge in [0.15, 0.2) is 6.10 Å². The van der Waals surface area contributed by atoms with E-state index in [1.54, 1.807) is 37.3 Å². The third-order valence-electron chi connectivity index (χ3n) is 8.78. The van der Waals surface area contributed by atoms with Gasteiger partial charge in [-0.15, -0.1) is 0 Å². The van der Waals surface area contributed by atoms with Crippen molar-refractivity contribution in [3.05, 3.63) is 95.1 Å². The Hall–Kier alpha value is -4.65. The van der Waals surface area contributed by atoms with Crippen LogP contribution in [-0.4, -0.2) is 34.7 Å². The number of hydrogen-bond donors (Lipinski definition) is 0. The number of aryl methyl sites for hydroxylation is 2. The lowest BCUT2D eigenvalue weighted by atomic mass is 9.76. The second-order valence-corrected chi connectivity index (χ2v) is 12.0. The molecule has 2 aliphatic rings. The zero-order valence-corrected chi connectivity index (χ0v) is 24.8. The number of imide groups is 1. The molecule has 1 saturated carbocycles. The van der Waals surface area contributed by atoms with Gasteiger partial charge in [0.05, 0.1) is 34.3 Å². The number of rotatable bonds is 6. The van der Waals surface area contributed by atoms with Crippen LogP contribution in [-0.2, 0) is 14.3 Å². The van der Waals surface area contributed by atoms with Crippen LogP contribution < -0.4 is 4.90 Å². The van der Waals surface area contributed by atoms with Crippen LogP contribution in [0, 0.1) is 31.6 Å². The van der Waals surface area contributed by atoms with Gasteiger partial charge in [0.25, 0.3) is 0 Å². The maximum Gasteiger partial charge on any atom is 0.339 e. The van der Waals surface area contributed by atoms with Crippen molar-refractivity contribution in [1.29, 1.82) is 0 Å². The normalized spacial score (nSPS) is 20.7. The summed E-state index contributed by atoms with van der Waals surface area (Å²) in [5.41, 5.74) is 5.18. The van der Waals surface area contributed by atoms with Crippen LogP contribution in [0.3, 0.4) is 0 Å². The van der Waals surface area contributed by atoms with Gasteiger partial charge in [0.1, 0.15) is 0 Å². The van der Waals surface area contributed by atoms with Gasteiger partial charge in [-0.05, 0) is 76.3 Å². The SMILES string of the molecule is Cc1ccc(C(=O)[C@H](C)OC(=O)c2cc(-c3ccc(N4C(=O)[C@@H]5CC[C@H](C)C[C@H]5C4=O)cc3)nc3ccc(C)cc23)cc1. The molecule has 3 aromatic carbocycles. The lowest BCUT2D eigenvalue weighted by molar-refractivity contribution is -0.122. The van der Waals surface area contributed by atoms with E-state index in [2.05, 4.69) is 6.92 Å². The Morgan fingerprint density at radius 3 is 2.26 bits per heavy atom. The fourth-order valence-electron chi connectivity index (χ4n) is 6.31. The first-order valence-electron chi connectivity index (χ1n) is 14.8. The number of carbonyl (C=O) groups is 4. The van der Waals surface area contributed by atoms with Gasteiger partial charge in [0.2, 0.25) is 17.6 Å². The van der Waals surface area contributed by atoms with Crippen molar-refractivity contribution >= 4 is 40.2 Å². The molecular weight excluding hydrogens is 540 g/mol. The summed E-state index contributed by atoms with van der Waals surface area (Å²) in [4.78, 5) is 59.0. The average molecular weight is 575 g/mol. The zero-order valence-electron chi connectivity index (χ0n) is 24.8. The van der Waals surface area contributed by atoms with E-state index in [1.165, 1.54) is 4.90 Å². The predicted molar refractivity (Wildman–Crippen MR) is 165 cm³/mol. The van der Waals surface area contributed by atoms with E-state index in [1.807, 2.05) is 56.3 Å². The molecule has 0 N–H and O–H groups in total. The van der Waals surface area contributed by atoms with E-state index >= 15 is 0 Å². The fourth-order valence-corrected chi connectivity index (χ4v) is 6.31. The third-order valence-corrected chi connectivity index (χ3v) is 8.78. The number of nitrogens with zero attached hydrogens (tertiary/aromatic N) is 2. The van der Waals surface area contributed by atoms with Crippen LogP contribution in [0.2, 0.25) is 0 Å². The second-order valence-electron chi connectivity index (χ2n) is 12.0. The van der Waals surface area contributed by atoms with Crippen LogP contribution in [0.15, 0.2) is 72.8 Å². The number of ether oxygens (including phenoxy) is 1. The molecule has 2 heterocycles. The molecule has 1 aliphatic heterocycles. The molecule has 0 radical (unpaired) electrons. The highest BCUT2D eigenvalue weighted by Gasteiger charge is 2.49. The van der Waals surface area contributed by atoms with Gasteiger partial charge < -0.3 is 4.74 Å². The summed E-state index contributed by atoms with van der Waals surface area (Å²) in [7, 11) is 0. The number of carbonyl (C=O) groups excluding carboxylic acids is 4. The summed E-state index contributed by atoms with van der Waals surface area (Å²) < 4.78 is 5.69. The first kappa shape index (κ1) is 28.5. The molecule has 4 aromatic rings. The Balaban J connectivity index is 1.29.